The Kier molecular flexibility index (Phi) is 4.30. The molecule has 1 aromatic heterocycles. The van der Waals surface area contributed by atoms with Crippen LogP contribution in [0, 0.1) is 5.92 Å². The van der Waals surface area contributed by atoms with E-state index in [4.69, 9.17) is 14.2 Å². The normalized spacial score (nSPS) is 29.5. The Hall–Kier alpha value is -2.76. The van der Waals surface area contributed by atoms with E-state index in [1.807, 2.05) is 5.94 Å². The van der Waals surface area contributed by atoms with Gasteiger partial charge in [-0.2, -0.15) is 0 Å². The molecule has 0 radical (unpaired) electrons. The number of hydrogen-bond acceptors (Lipinski definition) is 6. The van der Waals surface area contributed by atoms with Gasteiger partial charge in [0, 0.05) is 12.3 Å². The predicted molar refractivity (Wildman–Crippen MR) is 93.1 cm³/mol. The summed E-state index contributed by atoms with van der Waals surface area (Å²) in [6, 6.07) is 2.85. The van der Waals surface area contributed by atoms with Crippen molar-refractivity contribution in [1.82, 2.24) is 4.98 Å². The van der Waals surface area contributed by atoms with Crippen LogP contribution >= 0.6 is 0 Å². The Morgan fingerprint density at radius 1 is 1.31 bits per heavy atom. The Morgan fingerprint density at radius 2 is 2.04 bits per heavy atom. The van der Waals surface area contributed by atoms with Gasteiger partial charge in [-0.05, 0) is 39.0 Å². The molecule has 7 heteroatoms. The summed E-state index contributed by atoms with van der Waals surface area (Å²) in [5.41, 5.74) is -2.64. The summed E-state index contributed by atoms with van der Waals surface area (Å²) in [7, 11) is 1.44. The van der Waals surface area contributed by atoms with Crippen LogP contribution in [-0.4, -0.2) is 40.4 Å². The Balaban J connectivity index is 2.13. The van der Waals surface area contributed by atoms with Gasteiger partial charge in [0.15, 0.2) is 0 Å². The Labute approximate surface area is 150 Å². The summed E-state index contributed by atoms with van der Waals surface area (Å²) in [6.45, 7) is 5.05. The van der Waals surface area contributed by atoms with Crippen molar-refractivity contribution >= 4 is 5.94 Å². The number of rotatable bonds is 3. The lowest BCUT2D eigenvalue weighted by Crippen LogP contribution is -2.66. The average molecular weight is 359 g/mol. The van der Waals surface area contributed by atoms with Gasteiger partial charge in [0.25, 0.3) is 5.56 Å². The van der Waals surface area contributed by atoms with Gasteiger partial charge in [-0.3, -0.25) is 4.79 Å². The highest BCUT2D eigenvalue weighted by atomic mass is 16.6. The summed E-state index contributed by atoms with van der Waals surface area (Å²) in [5, 5.41) is 11.2. The topological polar surface area (TPSA) is 97.8 Å². The van der Waals surface area contributed by atoms with Crippen molar-refractivity contribution < 1.29 is 24.1 Å². The molecule has 0 amide bonds. The number of H-pyrrole nitrogens is 1. The van der Waals surface area contributed by atoms with Crippen LogP contribution in [-0.2, 0) is 14.3 Å². The SMILES string of the molecule is COC1=CC=C2OC(C)(C)C(C)(O)C(Oc3cc[nH]c(=O)c3)C2C1=C=O. The zero-order valence-corrected chi connectivity index (χ0v) is 15.0. The van der Waals surface area contributed by atoms with E-state index in [1.165, 1.54) is 19.4 Å². The second kappa shape index (κ2) is 6.20. The molecule has 138 valence electrons. The molecular weight excluding hydrogens is 338 g/mol. The summed E-state index contributed by atoms with van der Waals surface area (Å²) >= 11 is 0. The molecule has 3 unspecified atom stereocenters. The summed E-state index contributed by atoms with van der Waals surface area (Å²) in [4.78, 5) is 25.7. The van der Waals surface area contributed by atoms with Gasteiger partial charge in [0.1, 0.15) is 40.5 Å². The first kappa shape index (κ1) is 18.0. The van der Waals surface area contributed by atoms with Crippen molar-refractivity contribution in [3.8, 4) is 5.75 Å². The van der Waals surface area contributed by atoms with Crippen LogP contribution < -0.4 is 10.3 Å². The van der Waals surface area contributed by atoms with Gasteiger partial charge >= 0.3 is 0 Å². The molecule has 7 nitrogen and oxygen atoms in total. The number of aromatic amines is 1. The second-order valence-corrected chi connectivity index (χ2v) is 6.98. The number of carbonyl (C=O) groups excluding carboxylic acids is 1. The molecule has 1 fully saturated rings. The number of allylic oxidation sites excluding steroid dienone is 3. The first-order valence-corrected chi connectivity index (χ1v) is 8.19. The number of aromatic nitrogens is 1. The van der Waals surface area contributed by atoms with E-state index in [1.54, 1.807) is 39.0 Å². The highest BCUT2D eigenvalue weighted by Crippen LogP contribution is 2.48. The first-order valence-electron chi connectivity index (χ1n) is 8.19. The van der Waals surface area contributed by atoms with Crippen molar-refractivity contribution in [2.75, 3.05) is 7.11 Å². The molecule has 0 aromatic carbocycles. The lowest BCUT2D eigenvalue weighted by Gasteiger charge is -2.53. The maximum Gasteiger partial charge on any atom is 0.251 e. The molecule has 26 heavy (non-hydrogen) atoms. The van der Waals surface area contributed by atoms with E-state index < -0.39 is 23.2 Å². The lowest BCUT2D eigenvalue weighted by molar-refractivity contribution is -0.220. The van der Waals surface area contributed by atoms with Gasteiger partial charge in [-0.25, -0.2) is 4.79 Å². The molecular formula is C19H21NO6. The average Bonchev–Trinajstić information content (AvgIpc) is 2.58. The fourth-order valence-electron chi connectivity index (χ4n) is 3.23. The molecule has 0 saturated carbocycles. The molecule has 2 heterocycles. The van der Waals surface area contributed by atoms with E-state index in [2.05, 4.69) is 4.98 Å². The Morgan fingerprint density at radius 3 is 2.65 bits per heavy atom. The zero-order chi connectivity index (χ0) is 19.1. The van der Waals surface area contributed by atoms with Gasteiger partial charge in [0.05, 0.1) is 18.6 Å². The van der Waals surface area contributed by atoms with Crippen molar-refractivity contribution in [1.29, 1.82) is 0 Å². The van der Waals surface area contributed by atoms with E-state index in [0.717, 1.165) is 0 Å². The van der Waals surface area contributed by atoms with Crippen molar-refractivity contribution in [2.45, 2.75) is 38.1 Å². The van der Waals surface area contributed by atoms with E-state index in [-0.39, 0.29) is 16.9 Å². The van der Waals surface area contributed by atoms with Gasteiger partial charge in [-0.15, -0.1) is 0 Å². The molecule has 1 aromatic rings. The number of nitrogens with one attached hydrogen (secondary N) is 1. The third-order valence-electron chi connectivity index (χ3n) is 5.07. The fraction of sp³-hybridized carbons (Fsp3) is 0.421. The molecule has 3 rings (SSSR count). The number of methoxy groups -OCH3 is 1. The highest BCUT2D eigenvalue weighted by molar-refractivity contribution is 5.64. The fourth-order valence-corrected chi connectivity index (χ4v) is 3.23. The minimum absolute atomic E-state index is 0.190. The van der Waals surface area contributed by atoms with Crippen LogP contribution in [0.1, 0.15) is 20.8 Å². The second-order valence-electron chi connectivity index (χ2n) is 6.98. The van der Waals surface area contributed by atoms with Gasteiger partial charge < -0.3 is 24.3 Å². The van der Waals surface area contributed by atoms with Gasteiger partial charge in [0.2, 0.25) is 0 Å². The minimum Gasteiger partial charge on any atom is -0.496 e. The monoisotopic (exact) mass is 359 g/mol. The van der Waals surface area contributed by atoms with Crippen LogP contribution in [0.2, 0.25) is 0 Å². The van der Waals surface area contributed by atoms with Crippen molar-refractivity contribution in [3.63, 3.8) is 0 Å². The Bertz CT molecular complexity index is 885. The molecule has 1 aliphatic carbocycles. The van der Waals surface area contributed by atoms with E-state index in [0.29, 0.717) is 11.5 Å². The summed E-state index contributed by atoms with van der Waals surface area (Å²) in [6.07, 6.45) is 3.85. The zero-order valence-electron chi connectivity index (χ0n) is 15.0. The smallest absolute Gasteiger partial charge is 0.251 e. The largest absolute Gasteiger partial charge is 0.496 e. The van der Waals surface area contributed by atoms with E-state index >= 15 is 0 Å². The predicted octanol–water partition coefficient (Wildman–Crippen LogP) is 1.48. The summed E-state index contributed by atoms with van der Waals surface area (Å²) in [5.74, 6) is 2.23. The standard InChI is InChI=1S/C19H21NO6/c1-18(2)19(3,23)17(25-11-7-8-20-15(22)9-11)16-12(10-21)13(24-4)5-6-14(16)26-18/h5-9,16-17,23H,1-4H3,(H,20,22). The third kappa shape index (κ3) is 2.75. The number of pyridine rings is 1. The molecule has 3 atom stereocenters. The number of aliphatic hydroxyl groups is 1. The number of fused-ring (bicyclic) bond motifs is 1. The van der Waals surface area contributed by atoms with Crippen LogP contribution in [0.4, 0.5) is 0 Å². The maximum atomic E-state index is 11.7. The molecule has 2 N–H and O–H groups in total. The van der Waals surface area contributed by atoms with Crippen LogP contribution in [0.15, 0.2) is 52.4 Å². The quantitative estimate of drug-likeness (QED) is 0.794. The van der Waals surface area contributed by atoms with Crippen LogP contribution in [0.5, 0.6) is 5.75 Å². The third-order valence-corrected chi connectivity index (χ3v) is 5.07. The summed E-state index contributed by atoms with van der Waals surface area (Å²) < 4.78 is 17.2. The van der Waals surface area contributed by atoms with E-state index in [9.17, 15) is 14.7 Å². The van der Waals surface area contributed by atoms with Crippen molar-refractivity contribution in [3.05, 3.63) is 57.9 Å². The first-order chi connectivity index (χ1) is 12.2. The number of ether oxygens (including phenoxy) is 3. The molecule has 0 spiro atoms. The van der Waals surface area contributed by atoms with Crippen LogP contribution in [0.25, 0.3) is 0 Å². The van der Waals surface area contributed by atoms with Crippen LogP contribution in [0.3, 0.4) is 0 Å². The molecule has 1 saturated heterocycles. The molecule has 2 aliphatic rings. The highest BCUT2D eigenvalue weighted by Gasteiger charge is 2.59. The maximum absolute atomic E-state index is 11.7. The molecule has 1 aliphatic heterocycles. The molecule has 0 bridgehead atoms. The number of hydrogen-bond donors (Lipinski definition) is 2. The van der Waals surface area contributed by atoms with Crippen molar-refractivity contribution in [2.24, 2.45) is 5.92 Å². The lowest BCUT2D eigenvalue weighted by atomic mass is 9.70. The minimum atomic E-state index is -1.49. The van der Waals surface area contributed by atoms with Gasteiger partial charge in [-0.1, -0.05) is 0 Å².